The lowest BCUT2D eigenvalue weighted by Gasteiger charge is -2.29. The van der Waals surface area contributed by atoms with Gasteiger partial charge in [0, 0.05) is 18.7 Å². The number of hydrogen-bond donors (Lipinski definition) is 1. The fourth-order valence-electron chi connectivity index (χ4n) is 2.83. The number of hydrogen-bond acceptors (Lipinski definition) is 3. The number of fused-ring (bicyclic) bond motifs is 1. The molecular weight excluding hydrogens is 300 g/mol. The maximum Gasteiger partial charge on any atom is 0.147 e. The fraction of sp³-hybridized carbons (Fsp3) is 0.235. The topological polar surface area (TPSA) is 41.2 Å². The summed E-state index contributed by atoms with van der Waals surface area (Å²) in [4.78, 5) is 9.38. The quantitative estimate of drug-likeness (QED) is 0.788. The van der Waals surface area contributed by atoms with Crippen LogP contribution in [0.5, 0.6) is 0 Å². The number of nitrogens with zero attached hydrogens (tertiary/aromatic N) is 2. The van der Waals surface area contributed by atoms with Crippen molar-refractivity contribution in [3.05, 3.63) is 48.0 Å². The lowest BCUT2D eigenvalue weighted by atomic mass is 10.1. The van der Waals surface area contributed by atoms with Crippen LogP contribution >= 0.6 is 0 Å². The van der Waals surface area contributed by atoms with Crippen molar-refractivity contribution in [3.8, 4) is 11.4 Å². The molecule has 2 heterocycles. The van der Waals surface area contributed by atoms with Crippen molar-refractivity contribution < 1.29 is 13.5 Å². The number of imidazole rings is 1. The number of aromatic nitrogens is 2. The predicted octanol–water partition coefficient (Wildman–Crippen LogP) is 3.34. The Balaban J connectivity index is 1.69. The first-order valence-corrected chi connectivity index (χ1v) is 7.48. The highest BCUT2D eigenvalue weighted by Crippen LogP contribution is 2.27. The molecule has 0 saturated carbocycles. The largest absolute Gasteiger partial charge is 0.378 e. The van der Waals surface area contributed by atoms with E-state index >= 15 is 0 Å². The second-order valence-electron chi connectivity index (χ2n) is 5.51. The smallest absolute Gasteiger partial charge is 0.147 e. The van der Waals surface area contributed by atoms with Crippen LogP contribution in [0.2, 0.25) is 0 Å². The maximum absolute atomic E-state index is 14.5. The third-order valence-corrected chi connectivity index (χ3v) is 4.02. The summed E-state index contributed by atoms with van der Waals surface area (Å²) in [7, 11) is 0. The van der Waals surface area contributed by atoms with Crippen molar-refractivity contribution in [2.75, 3.05) is 31.2 Å². The molecule has 1 fully saturated rings. The van der Waals surface area contributed by atoms with E-state index in [4.69, 9.17) is 4.74 Å². The number of rotatable bonds is 2. The van der Waals surface area contributed by atoms with E-state index in [0.29, 0.717) is 54.4 Å². The summed E-state index contributed by atoms with van der Waals surface area (Å²) in [6.07, 6.45) is 0. The van der Waals surface area contributed by atoms with E-state index in [1.165, 1.54) is 18.2 Å². The molecule has 4 rings (SSSR count). The number of aromatic amines is 1. The number of morpholine rings is 1. The Kier molecular flexibility index (Phi) is 3.46. The first kappa shape index (κ1) is 14.1. The fourth-order valence-corrected chi connectivity index (χ4v) is 2.83. The molecule has 23 heavy (non-hydrogen) atoms. The van der Waals surface area contributed by atoms with Crippen LogP contribution in [-0.4, -0.2) is 36.3 Å². The Morgan fingerprint density at radius 1 is 1.04 bits per heavy atom. The van der Waals surface area contributed by atoms with E-state index in [0.717, 1.165) is 0 Å². The van der Waals surface area contributed by atoms with Crippen LogP contribution in [0.3, 0.4) is 0 Å². The molecular formula is C17H15F2N3O. The zero-order chi connectivity index (χ0) is 15.8. The van der Waals surface area contributed by atoms with E-state index < -0.39 is 0 Å². The number of H-pyrrole nitrogens is 1. The van der Waals surface area contributed by atoms with Gasteiger partial charge in [0.1, 0.15) is 17.5 Å². The van der Waals surface area contributed by atoms with Crippen molar-refractivity contribution >= 4 is 16.7 Å². The second kappa shape index (κ2) is 5.62. The summed E-state index contributed by atoms with van der Waals surface area (Å²) in [6.45, 7) is 2.58. The number of nitrogens with one attached hydrogen (secondary N) is 1. The minimum atomic E-state index is -0.332. The van der Waals surface area contributed by atoms with Crippen LogP contribution in [-0.2, 0) is 4.74 Å². The van der Waals surface area contributed by atoms with Crippen molar-refractivity contribution in [1.82, 2.24) is 9.97 Å². The minimum absolute atomic E-state index is 0.295. The van der Waals surface area contributed by atoms with Crippen LogP contribution in [0.1, 0.15) is 0 Å². The molecule has 3 aromatic rings. The van der Waals surface area contributed by atoms with E-state index in [-0.39, 0.29) is 11.6 Å². The van der Waals surface area contributed by atoms with Gasteiger partial charge in [0.2, 0.25) is 0 Å². The van der Waals surface area contributed by atoms with Gasteiger partial charge in [-0.2, -0.15) is 0 Å². The SMILES string of the molecule is Fc1ccc2nc(-c3ccc(N4CCOCC4)c(F)c3)[nH]c2c1. The molecule has 2 aromatic carbocycles. The van der Waals surface area contributed by atoms with Gasteiger partial charge in [0.05, 0.1) is 29.9 Å². The van der Waals surface area contributed by atoms with E-state index in [9.17, 15) is 8.78 Å². The Morgan fingerprint density at radius 3 is 2.65 bits per heavy atom. The van der Waals surface area contributed by atoms with Crippen molar-refractivity contribution in [1.29, 1.82) is 0 Å². The minimum Gasteiger partial charge on any atom is -0.378 e. The van der Waals surface area contributed by atoms with E-state index in [1.54, 1.807) is 12.1 Å². The average molecular weight is 315 g/mol. The molecule has 0 amide bonds. The van der Waals surface area contributed by atoms with Crippen LogP contribution in [0.15, 0.2) is 36.4 Å². The molecule has 118 valence electrons. The van der Waals surface area contributed by atoms with Gasteiger partial charge in [0.25, 0.3) is 0 Å². The lowest BCUT2D eigenvalue weighted by molar-refractivity contribution is 0.122. The Labute approximate surface area is 131 Å². The summed E-state index contributed by atoms with van der Waals surface area (Å²) in [5.41, 5.74) is 2.45. The highest BCUT2D eigenvalue weighted by Gasteiger charge is 2.16. The third-order valence-electron chi connectivity index (χ3n) is 4.02. The molecule has 0 unspecified atom stereocenters. The van der Waals surface area contributed by atoms with Gasteiger partial charge in [-0.05, 0) is 36.4 Å². The van der Waals surface area contributed by atoms with Crippen molar-refractivity contribution in [2.24, 2.45) is 0 Å². The number of anilines is 1. The Bertz CT molecular complexity index is 856. The first-order chi connectivity index (χ1) is 11.2. The first-order valence-electron chi connectivity index (χ1n) is 7.48. The molecule has 0 radical (unpaired) electrons. The maximum atomic E-state index is 14.5. The number of ether oxygens (including phenoxy) is 1. The average Bonchev–Trinajstić information content (AvgIpc) is 2.98. The predicted molar refractivity (Wildman–Crippen MR) is 84.5 cm³/mol. The van der Waals surface area contributed by atoms with Crippen molar-refractivity contribution in [2.45, 2.75) is 0 Å². The molecule has 1 aromatic heterocycles. The third kappa shape index (κ3) is 2.66. The van der Waals surface area contributed by atoms with Gasteiger partial charge < -0.3 is 14.6 Å². The molecule has 1 saturated heterocycles. The van der Waals surface area contributed by atoms with Gasteiger partial charge in [0.15, 0.2) is 0 Å². The monoisotopic (exact) mass is 315 g/mol. The standard InChI is InChI=1S/C17H15F2N3O/c18-12-2-3-14-15(10-12)21-17(20-14)11-1-4-16(13(19)9-11)22-5-7-23-8-6-22/h1-4,9-10H,5-8H2,(H,20,21). The summed E-state index contributed by atoms with van der Waals surface area (Å²) < 4.78 is 33.0. The Morgan fingerprint density at radius 2 is 1.87 bits per heavy atom. The molecule has 0 bridgehead atoms. The number of halogens is 2. The summed E-state index contributed by atoms with van der Waals surface area (Å²) in [6, 6.07) is 9.37. The van der Waals surface area contributed by atoms with Crippen LogP contribution in [0.4, 0.5) is 14.5 Å². The molecule has 1 aliphatic heterocycles. The highest BCUT2D eigenvalue weighted by molar-refractivity contribution is 5.79. The van der Waals surface area contributed by atoms with Gasteiger partial charge >= 0.3 is 0 Å². The van der Waals surface area contributed by atoms with Gasteiger partial charge in [-0.15, -0.1) is 0 Å². The van der Waals surface area contributed by atoms with Crippen molar-refractivity contribution in [3.63, 3.8) is 0 Å². The molecule has 0 aliphatic carbocycles. The van der Waals surface area contributed by atoms with E-state index in [1.807, 2.05) is 11.0 Å². The normalized spacial score (nSPS) is 15.3. The molecule has 1 aliphatic rings. The van der Waals surface area contributed by atoms with Gasteiger partial charge in [-0.3, -0.25) is 0 Å². The lowest BCUT2D eigenvalue weighted by Crippen LogP contribution is -2.36. The van der Waals surface area contributed by atoms with Gasteiger partial charge in [-0.25, -0.2) is 13.8 Å². The number of benzene rings is 2. The van der Waals surface area contributed by atoms with E-state index in [2.05, 4.69) is 9.97 Å². The zero-order valence-corrected chi connectivity index (χ0v) is 12.4. The van der Waals surface area contributed by atoms with Crippen LogP contribution in [0, 0.1) is 11.6 Å². The summed E-state index contributed by atoms with van der Waals surface area (Å²) in [5.74, 6) is -0.101. The molecule has 4 nitrogen and oxygen atoms in total. The van der Waals surface area contributed by atoms with Gasteiger partial charge in [-0.1, -0.05) is 0 Å². The molecule has 0 spiro atoms. The zero-order valence-electron chi connectivity index (χ0n) is 12.4. The molecule has 1 N–H and O–H groups in total. The highest BCUT2D eigenvalue weighted by atomic mass is 19.1. The molecule has 0 atom stereocenters. The summed E-state index contributed by atoms with van der Waals surface area (Å²) >= 11 is 0. The van der Waals surface area contributed by atoms with Crippen LogP contribution < -0.4 is 4.90 Å². The second-order valence-corrected chi connectivity index (χ2v) is 5.51. The van der Waals surface area contributed by atoms with Crippen LogP contribution in [0.25, 0.3) is 22.4 Å². The molecule has 6 heteroatoms. The Hall–Kier alpha value is -2.47. The summed E-state index contributed by atoms with van der Waals surface area (Å²) in [5, 5.41) is 0.